The number of primary sulfonamides is 1. The quantitative estimate of drug-likeness (QED) is 0.871. The fourth-order valence-electron chi connectivity index (χ4n) is 3.85. The van der Waals surface area contributed by atoms with E-state index in [1.165, 1.54) is 24.3 Å². The van der Waals surface area contributed by atoms with Crippen LogP contribution < -0.4 is 5.14 Å². The van der Waals surface area contributed by atoms with Gasteiger partial charge in [0.05, 0.1) is 4.90 Å². The van der Waals surface area contributed by atoms with Crippen LogP contribution in [0.1, 0.15) is 36.5 Å². The predicted octanol–water partition coefficient (Wildman–Crippen LogP) is 3.33. The molecule has 2 atom stereocenters. The maximum absolute atomic E-state index is 13.5. The topological polar surface area (TPSA) is 77.2 Å². The molecule has 1 aliphatic carbocycles. The Balaban J connectivity index is 1.81. The summed E-state index contributed by atoms with van der Waals surface area (Å²) in [5, 5.41) is 5.13. The molecule has 0 bridgehead atoms. The second-order valence-electron chi connectivity index (χ2n) is 7.60. The second kappa shape index (κ2) is 6.28. The van der Waals surface area contributed by atoms with Crippen molar-refractivity contribution in [3.63, 3.8) is 0 Å². The van der Waals surface area contributed by atoms with E-state index in [0.717, 1.165) is 11.1 Å². The molecule has 0 aromatic heterocycles. The van der Waals surface area contributed by atoms with Gasteiger partial charge in [-0.25, -0.2) is 17.9 Å². The van der Waals surface area contributed by atoms with Gasteiger partial charge in [-0.05, 0) is 59.2 Å². The minimum Gasteiger partial charge on any atom is -0.299 e. The highest BCUT2D eigenvalue weighted by molar-refractivity contribution is 7.89. The SMILES string of the molecule is Cc1ccc(F)cc1CC(=O)[C@H]1[C@H](c2ccc(S(N)(=O)=O)cc2)C1(C)C. The van der Waals surface area contributed by atoms with E-state index in [0.29, 0.717) is 5.56 Å². The summed E-state index contributed by atoms with van der Waals surface area (Å²) >= 11 is 0. The van der Waals surface area contributed by atoms with Crippen molar-refractivity contribution in [3.8, 4) is 0 Å². The largest absolute Gasteiger partial charge is 0.299 e. The molecule has 2 N–H and O–H groups in total. The number of nitrogens with two attached hydrogens (primary N) is 1. The van der Waals surface area contributed by atoms with Gasteiger partial charge in [0.2, 0.25) is 10.0 Å². The molecule has 1 saturated carbocycles. The number of benzene rings is 2. The molecule has 1 aliphatic rings. The summed E-state index contributed by atoms with van der Waals surface area (Å²) in [7, 11) is -3.74. The summed E-state index contributed by atoms with van der Waals surface area (Å²) in [6.45, 7) is 5.90. The highest BCUT2D eigenvalue weighted by Gasteiger charge is 2.61. The molecule has 2 aromatic rings. The average Bonchev–Trinajstić information content (AvgIpc) is 3.12. The van der Waals surface area contributed by atoms with Crippen molar-refractivity contribution >= 4 is 15.8 Å². The molecule has 6 heteroatoms. The lowest BCUT2D eigenvalue weighted by Crippen LogP contribution is -2.12. The van der Waals surface area contributed by atoms with Gasteiger partial charge in [0.25, 0.3) is 0 Å². The van der Waals surface area contributed by atoms with E-state index in [4.69, 9.17) is 5.14 Å². The van der Waals surface area contributed by atoms with E-state index < -0.39 is 10.0 Å². The summed E-state index contributed by atoms with van der Waals surface area (Å²) in [6, 6.07) is 10.9. The number of ketones is 1. The van der Waals surface area contributed by atoms with E-state index in [9.17, 15) is 17.6 Å². The van der Waals surface area contributed by atoms with Gasteiger partial charge in [-0.15, -0.1) is 0 Å². The van der Waals surface area contributed by atoms with Crippen molar-refractivity contribution < 1.29 is 17.6 Å². The van der Waals surface area contributed by atoms with Gasteiger partial charge >= 0.3 is 0 Å². The number of hydrogen-bond acceptors (Lipinski definition) is 3. The van der Waals surface area contributed by atoms with Gasteiger partial charge in [-0.1, -0.05) is 32.0 Å². The van der Waals surface area contributed by atoms with Crippen molar-refractivity contribution in [2.24, 2.45) is 16.5 Å². The lowest BCUT2D eigenvalue weighted by atomic mass is 9.98. The summed E-state index contributed by atoms with van der Waals surface area (Å²) in [6.07, 6.45) is 0.198. The Morgan fingerprint density at radius 1 is 1.15 bits per heavy atom. The Bertz CT molecular complexity index is 965. The highest BCUT2D eigenvalue weighted by Crippen LogP contribution is 2.65. The van der Waals surface area contributed by atoms with Crippen LogP contribution in [0.4, 0.5) is 4.39 Å². The fourth-order valence-corrected chi connectivity index (χ4v) is 4.37. The van der Waals surface area contributed by atoms with E-state index in [2.05, 4.69) is 0 Å². The third-order valence-corrected chi connectivity index (χ3v) is 6.35. The average molecular weight is 375 g/mol. The first kappa shape index (κ1) is 18.7. The van der Waals surface area contributed by atoms with Gasteiger partial charge < -0.3 is 0 Å². The number of carbonyl (C=O) groups excluding carboxylic acids is 1. The second-order valence-corrected chi connectivity index (χ2v) is 9.17. The molecular weight excluding hydrogens is 353 g/mol. The molecule has 0 aliphatic heterocycles. The monoisotopic (exact) mass is 375 g/mol. The lowest BCUT2D eigenvalue weighted by molar-refractivity contribution is -0.120. The number of aryl methyl sites for hydroxylation is 1. The molecule has 138 valence electrons. The molecule has 0 unspecified atom stereocenters. The molecule has 0 saturated heterocycles. The maximum Gasteiger partial charge on any atom is 0.238 e. The van der Waals surface area contributed by atoms with Gasteiger partial charge in [-0.2, -0.15) is 0 Å². The Labute approximate surface area is 153 Å². The van der Waals surface area contributed by atoms with Crippen LogP contribution >= 0.6 is 0 Å². The normalized spacial score (nSPS) is 21.4. The molecule has 0 amide bonds. The fraction of sp³-hybridized carbons (Fsp3) is 0.350. The minimum absolute atomic E-state index is 0.0124. The Morgan fingerprint density at radius 2 is 1.77 bits per heavy atom. The molecule has 26 heavy (non-hydrogen) atoms. The Morgan fingerprint density at radius 3 is 2.35 bits per heavy atom. The number of Topliss-reactive ketones (excluding diaryl/α,β-unsaturated/α-hetero) is 1. The first-order valence-electron chi connectivity index (χ1n) is 8.42. The molecule has 0 heterocycles. The smallest absolute Gasteiger partial charge is 0.238 e. The predicted molar refractivity (Wildman–Crippen MR) is 97.7 cm³/mol. The van der Waals surface area contributed by atoms with Crippen molar-refractivity contribution in [1.29, 1.82) is 0 Å². The molecule has 1 fully saturated rings. The molecule has 0 spiro atoms. The van der Waals surface area contributed by atoms with Crippen LogP contribution in [0.15, 0.2) is 47.4 Å². The lowest BCUT2D eigenvalue weighted by Gasteiger charge is -2.06. The summed E-state index contributed by atoms with van der Waals surface area (Å²) in [5.41, 5.74) is 2.30. The van der Waals surface area contributed by atoms with Crippen LogP contribution in [-0.4, -0.2) is 14.2 Å². The first-order chi connectivity index (χ1) is 12.0. The van der Waals surface area contributed by atoms with Crippen LogP contribution in [-0.2, 0) is 21.2 Å². The molecular formula is C20H22FNO3S. The molecule has 0 radical (unpaired) electrons. The van der Waals surface area contributed by atoms with E-state index in [-0.39, 0.29) is 40.2 Å². The minimum atomic E-state index is -3.74. The Kier molecular flexibility index (Phi) is 4.53. The van der Waals surface area contributed by atoms with Crippen LogP contribution in [0, 0.1) is 24.1 Å². The number of hydrogen-bond donors (Lipinski definition) is 1. The van der Waals surface area contributed by atoms with Crippen LogP contribution in [0.25, 0.3) is 0 Å². The van der Waals surface area contributed by atoms with Gasteiger partial charge in [0, 0.05) is 12.3 Å². The zero-order chi connectivity index (χ0) is 19.3. The van der Waals surface area contributed by atoms with Gasteiger partial charge in [0.15, 0.2) is 0 Å². The number of carbonyl (C=O) groups is 1. The maximum atomic E-state index is 13.5. The van der Waals surface area contributed by atoms with E-state index >= 15 is 0 Å². The highest BCUT2D eigenvalue weighted by atomic mass is 32.2. The van der Waals surface area contributed by atoms with Crippen LogP contribution in [0.2, 0.25) is 0 Å². The summed E-state index contributed by atoms with van der Waals surface area (Å²) < 4.78 is 36.2. The third-order valence-electron chi connectivity index (χ3n) is 5.42. The van der Waals surface area contributed by atoms with Crippen molar-refractivity contribution in [3.05, 3.63) is 65.0 Å². The van der Waals surface area contributed by atoms with Crippen LogP contribution in [0.3, 0.4) is 0 Å². The summed E-state index contributed by atoms with van der Waals surface area (Å²) in [4.78, 5) is 12.9. The van der Waals surface area contributed by atoms with Gasteiger partial charge in [-0.3, -0.25) is 4.79 Å². The molecule has 3 rings (SSSR count). The number of sulfonamides is 1. The van der Waals surface area contributed by atoms with Gasteiger partial charge in [0.1, 0.15) is 11.6 Å². The molecule has 2 aromatic carbocycles. The third kappa shape index (κ3) is 3.44. The zero-order valence-electron chi connectivity index (χ0n) is 15.0. The summed E-state index contributed by atoms with van der Waals surface area (Å²) in [5.74, 6) is -0.434. The van der Waals surface area contributed by atoms with E-state index in [1.807, 2.05) is 20.8 Å². The first-order valence-corrected chi connectivity index (χ1v) is 9.97. The number of rotatable bonds is 5. The zero-order valence-corrected chi connectivity index (χ0v) is 15.8. The van der Waals surface area contributed by atoms with Crippen molar-refractivity contribution in [1.82, 2.24) is 0 Å². The van der Waals surface area contributed by atoms with Crippen molar-refractivity contribution in [2.75, 3.05) is 0 Å². The van der Waals surface area contributed by atoms with E-state index in [1.54, 1.807) is 18.2 Å². The Hall–Kier alpha value is -2.05. The number of halogens is 1. The van der Waals surface area contributed by atoms with Crippen molar-refractivity contribution in [2.45, 2.75) is 38.0 Å². The molecule has 4 nitrogen and oxygen atoms in total. The standard InChI is InChI=1S/C20H22FNO3S/c1-12-4-7-15(21)10-14(12)11-17(23)19-18(20(19,2)3)13-5-8-16(9-6-13)26(22,24)25/h4-10,18-19H,11H2,1-3H3,(H2,22,24,25)/t18-,19-/m0/s1. The van der Waals surface area contributed by atoms with Crippen LogP contribution in [0.5, 0.6) is 0 Å².